The highest BCUT2D eigenvalue weighted by Gasteiger charge is 2.16. The van der Waals surface area contributed by atoms with Crippen LogP contribution in [0.15, 0.2) is 169 Å². The van der Waals surface area contributed by atoms with Crippen LogP contribution in [0, 0.1) is 6.92 Å². The molecule has 9 aromatic rings. The van der Waals surface area contributed by atoms with Crippen LogP contribution in [0.1, 0.15) is 11.3 Å². The van der Waals surface area contributed by atoms with Crippen molar-refractivity contribution in [3.05, 3.63) is 176 Å². The van der Waals surface area contributed by atoms with E-state index in [1.807, 2.05) is 61.5 Å². The predicted molar refractivity (Wildman–Crippen MR) is 210 cm³/mol. The SMILES string of the molecule is C=C/C=C\c1c(C)oc2cc(-c3nc(-c4ccccc4)nc(-c4ccc(-c5cccc(-n6c7ccccc7c7ccccc76)c5)cc4)n3)ccc12. The summed E-state index contributed by atoms with van der Waals surface area (Å²) in [4.78, 5) is 14.9. The van der Waals surface area contributed by atoms with Gasteiger partial charge in [0.15, 0.2) is 17.5 Å². The molecule has 0 saturated carbocycles. The quantitative estimate of drug-likeness (QED) is 0.160. The van der Waals surface area contributed by atoms with Crippen LogP contribution in [0.5, 0.6) is 0 Å². The first-order valence-electron chi connectivity index (χ1n) is 17.0. The van der Waals surface area contributed by atoms with Crippen LogP contribution in [0.3, 0.4) is 0 Å². The number of furan rings is 1. The van der Waals surface area contributed by atoms with Gasteiger partial charge < -0.3 is 8.98 Å². The molecule has 0 amide bonds. The lowest BCUT2D eigenvalue weighted by Gasteiger charge is -2.11. The van der Waals surface area contributed by atoms with Gasteiger partial charge >= 0.3 is 0 Å². The number of aromatic nitrogens is 4. The first kappa shape index (κ1) is 30.2. The van der Waals surface area contributed by atoms with Crippen molar-refractivity contribution in [1.29, 1.82) is 0 Å². The van der Waals surface area contributed by atoms with Crippen LogP contribution in [-0.2, 0) is 0 Å². The molecular formula is C46H32N4O. The Balaban J connectivity index is 1.11. The molecule has 0 radical (unpaired) electrons. The van der Waals surface area contributed by atoms with Gasteiger partial charge in [0.05, 0.1) is 11.0 Å². The molecule has 0 bridgehead atoms. The Bertz CT molecular complexity index is 2720. The summed E-state index contributed by atoms with van der Waals surface area (Å²) in [7, 11) is 0. The molecule has 6 aromatic carbocycles. The lowest BCUT2D eigenvalue weighted by atomic mass is 10.0. The summed E-state index contributed by atoms with van der Waals surface area (Å²) >= 11 is 0. The molecule has 0 aliphatic rings. The van der Waals surface area contributed by atoms with Crippen LogP contribution >= 0.6 is 0 Å². The summed E-state index contributed by atoms with van der Waals surface area (Å²) in [6.07, 6.45) is 5.71. The zero-order valence-corrected chi connectivity index (χ0v) is 28.0. The second-order valence-electron chi connectivity index (χ2n) is 12.5. The molecule has 242 valence electrons. The van der Waals surface area contributed by atoms with Gasteiger partial charge in [0, 0.05) is 44.1 Å². The van der Waals surface area contributed by atoms with E-state index in [2.05, 4.69) is 114 Å². The molecule has 3 heterocycles. The van der Waals surface area contributed by atoms with E-state index in [0.717, 1.165) is 55.8 Å². The number of hydrogen-bond donors (Lipinski definition) is 0. The largest absolute Gasteiger partial charge is 0.461 e. The molecule has 9 rings (SSSR count). The topological polar surface area (TPSA) is 56.7 Å². The number of allylic oxidation sites excluding steroid dienone is 2. The highest BCUT2D eigenvalue weighted by Crippen LogP contribution is 2.35. The average Bonchev–Trinajstić information content (AvgIpc) is 3.70. The average molecular weight is 657 g/mol. The van der Waals surface area contributed by atoms with Crippen molar-refractivity contribution in [3.8, 4) is 51.0 Å². The lowest BCUT2D eigenvalue weighted by molar-refractivity contribution is 0.577. The molecule has 0 aliphatic carbocycles. The minimum Gasteiger partial charge on any atom is -0.461 e. The monoisotopic (exact) mass is 656 g/mol. The maximum absolute atomic E-state index is 6.16. The van der Waals surface area contributed by atoms with Crippen molar-refractivity contribution in [3.63, 3.8) is 0 Å². The highest BCUT2D eigenvalue weighted by atomic mass is 16.3. The molecule has 5 heteroatoms. The molecule has 0 fully saturated rings. The molecule has 0 unspecified atom stereocenters. The summed E-state index contributed by atoms with van der Waals surface area (Å²) in [5, 5.41) is 3.53. The van der Waals surface area contributed by atoms with Crippen molar-refractivity contribution in [2.24, 2.45) is 0 Å². The third kappa shape index (κ3) is 5.42. The molecular weight excluding hydrogens is 625 g/mol. The first-order chi connectivity index (χ1) is 25.1. The number of aryl methyl sites for hydroxylation is 1. The molecule has 0 aliphatic heterocycles. The Morgan fingerprint density at radius 1 is 0.529 bits per heavy atom. The smallest absolute Gasteiger partial charge is 0.164 e. The Hall–Kier alpha value is -6.85. The molecule has 5 nitrogen and oxygen atoms in total. The second-order valence-corrected chi connectivity index (χ2v) is 12.5. The Morgan fingerprint density at radius 3 is 1.78 bits per heavy atom. The van der Waals surface area contributed by atoms with Crippen molar-refractivity contribution in [2.45, 2.75) is 6.92 Å². The van der Waals surface area contributed by atoms with Gasteiger partial charge in [0.1, 0.15) is 11.3 Å². The fraction of sp³-hybridized carbons (Fsp3) is 0.0217. The first-order valence-corrected chi connectivity index (χ1v) is 17.0. The van der Waals surface area contributed by atoms with Crippen LogP contribution in [-0.4, -0.2) is 19.5 Å². The molecule has 0 N–H and O–H groups in total. The van der Waals surface area contributed by atoms with Gasteiger partial charge in [-0.15, -0.1) is 0 Å². The number of para-hydroxylation sites is 2. The van der Waals surface area contributed by atoms with E-state index in [1.54, 1.807) is 6.08 Å². The Morgan fingerprint density at radius 2 is 1.10 bits per heavy atom. The number of hydrogen-bond acceptors (Lipinski definition) is 4. The maximum atomic E-state index is 6.16. The van der Waals surface area contributed by atoms with Crippen molar-refractivity contribution in [1.82, 2.24) is 19.5 Å². The Kier molecular flexibility index (Phi) is 7.44. The summed E-state index contributed by atoms with van der Waals surface area (Å²) < 4.78 is 8.51. The van der Waals surface area contributed by atoms with Crippen LogP contribution in [0.2, 0.25) is 0 Å². The summed E-state index contributed by atoms with van der Waals surface area (Å²) in [6.45, 7) is 5.77. The summed E-state index contributed by atoms with van der Waals surface area (Å²) in [6, 6.07) is 50.5. The Labute approximate surface area is 295 Å². The molecule has 51 heavy (non-hydrogen) atoms. The number of benzene rings is 6. The predicted octanol–water partition coefficient (Wildman–Crippen LogP) is 11.9. The second kappa shape index (κ2) is 12.6. The van der Waals surface area contributed by atoms with E-state index in [4.69, 9.17) is 19.4 Å². The maximum Gasteiger partial charge on any atom is 0.164 e. The van der Waals surface area contributed by atoms with E-state index >= 15 is 0 Å². The normalized spacial score (nSPS) is 11.6. The van der Waals surface area contributed by atoms with Crippen LogP contribution in [0.25, 0.3) is 89.8 Å². The number of fused-ring (bicyclic) bond motifs is 4. The molecule has 0 spiro atoms. The molecule has 0 atom stereocenters. The van der Waals surface area contributed by atoms with E-state index in [-0.39, 0.29) is 0 Å². The van der Waals surface area contributed by atoms with Gasteiger partial charge in [-0.2, -0.15) is 0 Å². The molecule has 0 saturated heterocycles. The minimum atomic E-state index is 0.584. The zero-order valence-electron chi connectivity index (χ0n) is 28.0. The fourth-order valence-corrected chi connectivity index (χ4v) is 6.94. The minimum absolute atomic E-state index is 0.584. The van der Waals surface area contributed by atoms with E-state index in [0.29, 0.717) is 17.5 Å². The van der Waals surface area contributed by atoms with Crippen LogP contribution in [0.4, 0.5) is 0 Å². The third-order valence-corrected chi connectivity index (χ3v) is 9.40. The summed E-state index contributed by atoms with van der Waals surface area (Å²) in [5.74, 6) is 2.65. The van der Waals surface area contributed by atoms with Gasteiger partial charge in [-0.05, 0) is 54.4 Å². The van der Waals surface area contributed by atoms with Crippen molar-refractivity contribution >= 4 is 38.9 Å². The summed E-state index contributed by atoms with van der Waals surface area (Å²) in [5.41, 5.74) is 10.3. The van der Waals surface area contributed by atoms with Gasteiger partial charge in [0.25, 0.3) is 0 Å². The van der Waals surface area contributed by atoms with Crippen molar-refractivity contribution in [2.75, 3.05) is 0 Å². The van der Waals surface area contributed by atoms with Gasteiger partial charge in [-0.25, -0.2) is 15.0 Å². The van der Waals surface area contributed by atoms with Gasteiger partial charge in [-0.1, -0.05) is 134 Å². The van der Waals surface area contributed by atoms with E-state index in [1.165, 1.54) is 21.8 Å². The van der Waals surface area contributed by atoms with E-state index < -0.39 is 0 Å². The van der Waals surface area contributed by atoms with Gasteiger partial charge in [-0.3, -0.25) is 0 Å². The lowest BCUT2D eigenvalue weighted by Crippen LogP contribution is -2.00. The molecule has 3 aromatic heterocycles. The van der Waals surface area contributed by atoms with E-state index in [9.17, 15) is 0 Å². The van der Waals surface area contributed by atoms with Crippen LogP contribution < -0.4 is 0 Å². The standard InChI is InChI=1S/C46H32N4O/c1-3-4-17-37-30(2)51-43-29-35(26-27-40(37)43)46-48-44(32-13-6-5-7-14-32)47-45(49-46)33-24-22-31(23-25-33)34-15-12-16-36(28-34)50-41-20-10-8-18-38(41)39-19-9-11-21-42(39)50/h3-29H,1H2,2H3/b17-4-. The van der Waals surface area contributed by atoms with Gasteiger partial charge in [0.2, 0.25) is 0 Å². The number of rotatable bonds is 7. The fourth-order valence-electron chi connectivity index (χ4n) is 6.94. The third-order valence-electron chi connectivity index (χ3n) is 9.40. The highest BCUT2D eigenvalue weighted by molar-refractivity contribution is 6.09. The zero-order chi connectivity index (χ0) is 34.3. The van der Waals surface area contributed by atoms with Crippen molar-refractivity contribution < 1.29 is 4.42 Å². The number of nitrogens with zero attached hydrogens (tertiary/aromatic N) is 4.